The standard InChI is InChI=1S/C22H21FN2O4.CH4/c1-4-29-22(26)10-9-15-13-16(21(28-3)14-20(15)27-2)18-11-12-24-25(18)19-8-6-5-7-17(19)23;/h5-14H,4H2,1-3H3;1H4/b10-9+;. The summed E-state index contributed by atoms with van der Waals surface area (Å²) < 4.78 is 31.7. The highest BCUT2D eigenvalue weighted by Crippen LogP contribution is 2.37. The highest BCUT2D eigenvalue weighted by Gasteiger charge is 2.17. The monoisotopic (exact) mass is 412 g/mol. The summed E-state index contributed by atoms with van der Waals surface area (Å²) in [5.41, 5.74) is 2.24. The fourth-order valence-corrected chi connectivity index (χ4v) is 2.92. The van der Waals surface area contributed by atoms with E-state index in [0.717, 1.165) is 0 Å². The van der Waals surface area contributed by atoms with Gasteiger partial charge in [-0.25, -0.2) is 13.9 Å². The topological polar surface area (TPSA) is 62.6 Å². The van der Waals surface area contributed by atoms with Crippen LogP contribution in [0.25, 0.3) is 23.0 Å². The first-order valence-electron chi connectivity index (χ1n) is 8.99. The molecule has 6 nitrogen and oxygen atoms in total. The second-order valence-corrected chi connectivity index (χ2v) is 5.96. The Kier molecular flexibility index (Phi) is 7.75. The van der Waals surface area contributed by atoms with Crippen molar-refractivity contribution in [3.63, 3.8) is 0 Å². The Hall–Kier alpha value is -3.61. The van der Waals surface area contributed by atoms with Gasteiger partial charge in [-0.2, -0.15) is 5.10 Å². The molecule has 0 N–H and O–H groups in total. The lowest BCUT2D eigenvalue weighted by Crippen LogP contribution is -2.03. The summed E-state index contributed by atoms with van der Waals surface area (Å²) in [4.78, 5) is 11.7. The minimum Gasteiger partial charge on any atom is -0.496 e. The molecule has 1 aromatic heterocycles. The highest BCUT2D eigenvalue weighted by atomic mass is 19.1. The zero-order chi connectivity index (χ0) is 20.8. The van der Waals surface area contributed by atoms with Gasteiger partial charge < -0.3 is 14.2 Å². The van der Waals surface area contributed by atoms with Crippen LogP contribution in [0.3, 0.4) is 0 Å². The summed E-state index contributed by atoms with van der Waals surface area (Å²) in [5.74, 6) is 0.187. The molecule has 3 aromatic rings. The van der Waals surface area contributed by atoms with Gasteiger partial charge in [-0.05, 0) is 37.3 Å². The lowest BCUT2D eigenvalue weighted by atomic mass is 10.0. The number of rotatable bonds is 7. The molecular formula is C23H25FN2O4. The van der Waals surface area contributed by atoms with Crippen molar-refractivity contribution in [3.8, 4) is 28.4 Å². The minimum absolute atomic E-state index is 0. The number of para-hydroxylation sites is 1. The van der Waals surface area contributed by atoms with Crippen LogP contribution in [0.2, 0.25) is 0 Å². The number of benzene rings is 2. The fourth-order valence-electron chi connectivity index (χ4n) is 2.92. The van der Waals surface area contributed by atoms with Gasteiger partial charge >= 0.3 is 5.97 Å². The Morgan fingerprint density at radius 1 is 1.13 bits per heavy atom. The smallest absolute Gasteiger partial charge is 0.330 e. The zero-order valence-electron chi connectivity index (χ0n) is 16.4. The predicted molar refractivity (Wildman–Crippen MR) is 114 cm³/mol. The van der Waals surface area contributed by atoms with Crippen molar-refractivity contribution in [1.29, 1.82) is 0 Å². The van der Waals surface area contributed by atoms with Crippen LogP contribution in [0.5, 0.6) is 11.5 Å². The maximum Gasteiger partial charge on any atom is 0.330 e. The first-order valence-corrected chi connectivity index (χ1v) is 8.99. The maximum atomic E-state index is 14.3. The van der Waals surface area contributed by atoms with E-state index in [2.05, 4.69) is 5.10 Å². The molecule has 0 atom stereocenters. The maximum absolute atomic E-state index is 14.3. The fraction of sp³-hybridized carbons (Fsp3) is 0.217. The number of nitrogens with zero attached hydrogens (tertiary/aromatic N) is 2. The molecule has 0 bridgehead atoms. The van der Waals surface area contributed by atoms with Crippen LogP contribution in [0.15, 0.2) is 54.7 Å². The van der Waals surface area contributed by atoms with Gasteiger partial charge in [0.1, 0.15) is 23.0 Å². The number of esters is 1. The molecule has 0 saturated carbocycles. The van der Waals surface area contributed by atoms with Crippen molar-refractivity contribution in [2.75, 3.05) is 20.8 Å². The molecule has 1 heterocycles. The van der Waals surface area contributed by atoms with Gasteiger partial charge in [0.2, 0.25) is 0 Å². The van der Waals surface area contributed by atoms with E-state index in [9.17, 15) is 9.18 Å². The summed E-state index contributed by atoms with van der Waals surface area (Å²) in [6.45, 7) is 2.03. The largest absolute Gasteiger partial charge is 0.496 e. The molecule has 0 amide bonds. The summed E-state index contributed by atoms with van der Waals surface area (Å²) in [7, 11) is 3.07. The Bertz CT molecular complexity index is 1040. The molecule has 0 aliphatic heterocycles. The van der Waals surface area contributed by atoms with E-state index in [4.69, 9.17) is 14.2 Å². The Labute approximate surface area is 175 Å². The van der Waals surface area contributed by atoms with Crippen molar-refractivity contribution in [1.82, 2.24) is 9.78 Å². The van der Waals surface area contributed by atoms with E-state index in [1.54, 1.807) is 55.6 Å². The van der Waals surface area contributed by atoms with E-state index in [1.165, 1.54) is 31.0 Å². The van der Waals surface area contributed by atoms with Crippen LogP contribution in [-0.2, 0) is 9.53 Å². The molecule has 0 aliphatic carbocycles. The van der Waals surface area contributed by atoms with E-state index < -0.39 is 11.8 Å². The molecule has 2 aromatic carbocycles. The third-order valence-corrected chi connectivity index (χ3v) is 4.24. The average Bonchev–Trinajstić information content (AvgIpc) is 3.21. The molecule has 0 spiro atoms. The van der Waals surface area contributed by atoms with Crippen LogP contribution in [0.4, 0.5) is 4.39 Å². The zero-order valence-corrected chi connectivity index (χ0v) is 16.4. The van der Waals surface area contributed by atoms with E-state index in [-0.39, 0.29) is 14.0 Å². The minimum atomic E-state index is -0.455. The van der Waals surface area contributed by atoms with Crippen LogP contribution < -0.4 is 9.47 Å². The second kappa shape index (κ2) is 10.2. The van der Waals surface area contributed by atoms with Crippen LogP contribution in [0.1, 0.15) is 19.9 Å². The number of hydrogen-bond acceptors (Lipinski definition) is 5. The number of methoxy groups -OCH3 is 2. The van der Waals surface area contributed by atoms with Gasteiger partial charge in [0.15, 0.2) is 0 Å². The van der Waals surface area contributed by atoms with Crippen molar-refractivity contribution in [2.45, 2.75) is 14.4 Å². The van der Waals surface area contributed by atoms with Gasteiger partial charge in [0, 0.05) is 23.3 Å². The first kappa shape index (κ1) is 22.7. The van der Waals surface area contributed by atoms with Crippen molar-refractivity contribution >= 4 is 12.0 Å². The highest BCUT2D eigenvalue weighted by molar-refractivity contribution is 5.88. The number of aromatic nitrogens is 2. The van der Waals surface area contributed by atoms with E-state index in [1.807, 2.05) is 0 Å². The number of halogens is 1. The van der Waals surface area contributed by atoms with Crippen LogP contribution >= 0.6 is 0 Å². The number of ether oxygens (including phenoxy) is 3. The first-order chi connectivity index (χ1) is 14.1. The SMILES string of the molecule is C.CCOC(=O)/C=C/c1cc(-c2ccnn2-c2ccccc2F)c(OC)cc1OC. The Morgan fingerprint density at radius 2 is 1.87 bits per heavy atom. The van der Waals surface area contributed by atoms with Gasteiger partial charge in [0.05, 0.1) is 32.7 Å². The van der Waals surface area contributed by atoms with E-state index >= 15 is 0 Å². The van der Waals surface area contributed by atoms with Crippen molar-refractivity contribution in [3.05, 3.63) is 66.1 Å². The molecule has 3 rings (SSSR count). The molecule has 7 heteroatoms. The molecule has 0 saturated heterocycles. The molecule has 0 aliphatic rings. The average molecular weight is 412 g/mol. The predicted octanol–water partition coefficient (Wildman–Crippen LogP) is 4.91. The van der Waals surface area contributed by atoms with Gasteiger partial charge in [-0.1, -0.05) is 19.6 Å². The Balaban J connectivity index is 0.00000320. The van der Waals surface area contributed by atoms with Crippen LogP contribution in [0, 0.1) is 5.82 Å². The van der Waals surface area contributed by atoms with Gasteiger partial charge in [-0.15, -0.1) is 0 Å². The quantitative estimate of drug-likeness (QED) is 0.408. The lowest BCUT2D eigenvalue weighted by molar-refractivity contribution is -0.137. The summed E-state index contributed by atoms with van der Waals surface area (Å²) in [6.07, 6.45) is 4.51. The van der Waals surface area contributed by atoms with Crippen molar-refractivity contribution < 1.29 is 23.4 Å². The normalized spacial score (nSPS) is 10.5. The van der Waals surface area contributed by atoms with Gasteiger partial charge in [-0.3, -0.25) is 0 Å². The van der Waals surface area contributed by atoms with Gasteiger partial charge in [0.25, 0.3) is 0 Å². The second-order valence-electron chi connectivity index (χ2n) is 5.96. The molecular weight excluding hydrogens is 387 g/mol. The summed E-state index contributed by atoms with van der Waals surface area (Å²) >= 11 is 0. The third kappa shape index (κ3) is 4.68. The Morgan fingerprint density at radius 3 is 2.53 bits per heavy atom. The molecule has 0 unspecified atom stereocenters. The van der Waals surface area contributed by atoms with Crippen molar-refractivity contribution in [2.24, 2.45) is 0 Å². The molecule has 0 fully saturated rings. The number of carbonyl (C=O) groups excluding carboxylic acids is 1. The molecule has 30 heavy (non-hydrogen) atoms. The number of hydrogen-bond donors (Lipinski definition) is 0. The van der Waals surface area contributed by atoms with Crippen LogP contribution in [-0.4, -0.2) is 36.6 Å². The summed E-state index contributed by atoms with van der Waals surface area (Å²) in [5, 5.41) is 4.27. The van der Waals surface area contributed by atoms with E-state index in [0.29, 0.717) is 34.0 Å². The molecule has 0 radical (unpaired) electrons. The lowest BCUT2D eigenvalue weighted by Gasteiger charge is -2.15. The number of carbonyl (C=O) groups is 1. The third-order valence-electron chi connectivity index (χ3n) is 4.24. The summed E-state index contributed by atoms with van der Waals surface area (Å²) in [6, 6.07) is 11.6. The molecule has 158 valence electrons.